The van der Waals surface area contributed by atoms with Crippen molar-refractivity contribution < 1.29 is 4.79 Å². The fourth-order valence-corrected chi connectivity index (χ4v) is 3.73. The van der Waals surface area contributed by atoms with Gasteiger partial charge < -0.3 is 4.90 Å². The third-order valence-electron chi connectivity index (χ3n) is 5.01. The molecule has 1 saturated heterocycles. The van der Waals surface area contributed by atoms with Gasteiger partial charge in [-0.2, -0.15) is 0 Å². The van der Waals surface area contributed by atoms with Crippen molar-refractivity contribution in [1.82, 2.24) is 14.8 Å². The first-order valence-electron chi connectivity index (χ1n) is 8.74. The SMILES string of the molecule is O=C1CCCN1CCN(Cc1ccccn1)C1CCCCC1. The smallest absolute Gasteiger partial charge is 0.222 e. The van der Waals surface area contributed by atoms with Gasteiger partial charge in [-0.05, 0) is 31.4 Å². The van der Waals surface area contributed by atoms with E-state index in [1.165, 1.54) is 32.1 Å². The maximum Gasteiger partial charge on any atom is 0.222 e. The van der Waals surface area contributed by atoms with Crippen molar-refractivity contribution in [3.63, 3.8) is 0 Å². The largest absolute Gasteiger partial charge is 0.341 e. The molecule has 2 heterocycles. The number of rotatable bonds is 6. The zero-order valence-corrected chi connectivity index (χ0v) is 13.4. The molecule has 0 atom stereocenters. The fourth-order valence-electron chi connectivity index (χ4n) is 3.73. The van der Waals surface area contributed by atoms with E-state index in [-0.39, 0.29) is 0 Å². The number of carbonyl (C=O) groups is 1. The molecule has 0 bridgehead atoms. The van der Waals surface area contributed by atoms with Crippen LogP contribution in [0.4, 0.5) is 0 Å². The molecule has 0 aromatic carbocycles. The molecule has 22 heavy (non-hydrogen) atoms. The van der Waals surface area contributed by atoms with Crippen molar-refractivity contribution in [1.29, 1.82) is 0 Å². The Balaban J connectivity index is 1.61. The third kappa shape index (κ3) is 4.07. The van der Waals surface area contributed by atoms with Crippen molar-refractivity contribution >= 4 is 5.91 Å². The van der Waals surface area contributed by atoms with Gasteiger partial charge in [0, 0.05) is 44.8 Å². The van der Waals surface area contributed by atoms with Gasteiger partial charge >= 0.3 is 0 Å². The van der Waals surface area contributed by atoms with Gasteiger partial charge in [-0.15, -0.1) is 0 Å². The van der Waals surface area contributed by atoms with E-state index in [0.29, 0.717) is 11.9 Å². The molecule has 0 radical (unpaired) electrons. The number of hydrogen-bond donors (Lipinski definition) is 0. The Bertz CT molecular complexity index is 470. The Morgan fingerprint density at radius 1 is 1.18 bits per heavy atom. The number of pyridine rings is 1. The van der Waals surface area contributed by atoms with Crippen LogP contribution in [0.25, 0.3) is 0 Å². The van der Waals surface area contributed by atoms with Crippen molar-refractivity contribution in [3.8, 4) is 0 Å². The number of amides is 1. The van der Waals surface area contributed by atoms with Gasteiger partial charge in [0.2, 0.25) is 5.91 Å². The summed E-state index contributed by atoms with van der Waals surface area (Å²) in [5, 5.41) is 0. The Hall–Kier alpha value is -1.42. The maximum absolute atomic E-state index is 11.8. The average molecular weight is 301 g/mol. The normalized spacial score (nSPS) is 20.0. The fraction of sp³-hybridized carbons (Fsp3) is 0.667. The molecule has 1 amide bonds. The van der Waals surface area contributed by atoms with Crippen LogP contribution in [0.2, 0.25) is 0 Å². The quantitative estimate of drug-likeness (QED) is 0.810. The van der Waals surface area contributed by atoms with Crippen LogP contribution in [0.3, 0.4) is 0 Å². The molecule has 120 valence electrons. The minimum absolute atomic E-state index is 0.335. The Morgan fingerprint density at radius 3 is 2.73 bits per heavy atom. The lowest BCUT2D eigenvalue weighted by Gasteiger charge is -2.35. The zero-order chi connectivity index (χ0) is 15.2. The highest BCUT2D eigenvalue weighted by Crippen LogP contribution is 2.24. The van der Waals surface area contributed by atoms with Gasteiger partial charge in [0.25, 0.3) is 0 Å². The average Bonchev–Trinajstić information content (AvgIpc) is 2.98. The van der Waals surface area contributed by atoms with E-state index in [2.05, 4.69) is 22.0 Å². The summed E-state index contributed by atoms with van der Waals surface area (Å²) in [4.78, 5) is 20.9. The summed E-state index contributed by atoms with van der Waals surface area (Å²) in [6, 6.07) is 6.80. The summed E-state index contributed by atoms with van der Waals surface area (Å²) in [7, 11) is 0. The highest BCUT2D eigenvalue weighted by molar-refractivity contribution is 5.78. The molecule has 0 spiro atoms. The summed E-state index contributed by atoms with van der Waals surface area (Å²) >= 11 is 0. The molecule has 2 fully saturated rings. The topological polar surface area (TPSA) is 36.4 Å². The van der Waals surface area contributed by atoms with Gasteiger partial charge in [-0.25, -0.2) is 0 Å². The second-order valence-corrected chi connectivity index (χ2v) is 6.57. The molecule has 1 saturated carbocycles. The monoisotopic (exact) mass is 301 g/mol. The lowest BCUT2D eigenvalue weighted by molar-refractivity contribution is -0.128. The number of hydrogen-bond acceptors (Lipinski definition) is 3. The van der Waals surface area contributed by atoms with E-state index < -0.39 is 0 Å². The molecule has 0 unspecified atom stereocenters. The molecule has 4 heteroatoms. The van der Waals surface area contributed by atoms with Crippen molar-refractivity contribution in [3.05, 3.63) is 30.1 Å². The molecule has 3 rings (SSSR count). The summed E-state index contributed by atoms with van der Waals surface area (Å²) in [6.07, 6.45) is 10.3. The number of likely N-dealkylation sites (tertiary alicyclic amines) is 1. The molecular weight excluding hydrogens is 274 g/mol. The summed E-state index contributed by atoms with van der Waals surface area (Å²) in [5.74, 6) is 0.335. The first-order chi connectivity index (χ1) is 10.8. The zero-order valence-electron chi connectivity index (χ0n) is 13.4. The molecule has 4 nitrogen and oxygen atoms in total. The van der Waals surface area contributed by atoms with E-state index in [9.17, 15) is 4.79 Å². The highest BCUT2D eigenvalue weighted by atomic mass is 16.2. The van der Waals surface area contributed by atoms with Gasteiger partial charge in [-0.1, -0.05) is 25.3 Å². The molecule has 1 aliphatic heterocycles. The second-order valence-electron chi connectivity index (χ2n) is 6.57. The minimum atomic E-state index is 0.335. The molecule has 0 N–H and O–H groups in total. The van der Waals surface area contributed by atoms with E-state index in [0.717, 1.165) is 44.7 Å². The van der Waals surface area contributed by atoms with Crippen molar-refractivity contribution in [2.45, 2.75) is 57.5 Å². The predicted octanol–water partition coefficient (Wildman–Crippen LogP) is 2.84. The van der Waals surface area contributed by atoms with E-state index >= 15 is 0 Å². The maximum atomic E-state index is 11.8. The standard InChI is InChI=1S/C18H27N3O/c22-18-10-6-12-20(18)13-14-21(17-8-2-1-3-9-17)15-16-7-4-5-11-19-16/h4-5,7,11,17H,1-3,6,8-10,12-15H2. The number of aromatic nitrogens is 1. The van der Waals surface area contributed by atoms with E-state index in [1.807, 2.05) is 17.2 Å². The first-order valence-corrected chi connectivity index (χ1v) is 8.74. The summed E-state index contributed by atoms with van der Waals surface area (Å²) in [6.45, 7) is 3.71. The Labute approximate surface area is 133 Å². The summed E-state index contributed by atoms with van der Waals surface area (Å²) in [5.41, 5.74) is 1.14. The van der Waals surface area contributed by atoms with E-state index in [1.54, 1.807) is 0 Å². The number of nitrogens with zero attached hydrogens (tertiary/aromatic N) is 3. The van der Waals surface area contributed by atoms with Crippen LogP contribution in [0.15, 0.2) is 24.4 Å². The lowest BCUT2D eigenvalue weighted by atomic mass is 9.94. The van der Waals surface area contributed by atoms with E-state index in [4.69, 9.17) is 0 Å². The molecule has 2 aliphatic rings. The van der Waals surface area contributed by atoms with Crippen LogP contribution >= 0.6 is 0 Å². The van der Waals surface area contributed by atoms with Gasteiger partial charge in [0.15, 0.2) is 0 Å². The van der Waals surface area contributed by atoms with Crippen LogP contribution < -0.4 is 0 Å². The van der Waals surface area contributed by atoms with Crippen LogP contribution in [-0.4, -0.2) is 46.4 Å². The van der Waals surface area contributed by atoms with Crippen LogP contribution in [0, 0.1) is 0 Å². The molecular formula is C18H27N3O. The van der Waals surface area contributed by atoms with Crippen LogP contribution in [0.1, 0.15) is 50.6 Å². The molecule has 1 aromatic heterocycles. The third-order valence-corrected chi connectivity index (χ3v) is 5.01. The predicted molar refractivity (Wildman–Crippen MR) is 87.3 cm³/mol. The van der Waals surface area contributed by atoms with Gasteiger partial charge in [-0.3, -0.25) is 14.7 Å². The Morgan fingerprint density at radius 2 is 2.05 bits per heavy atom. The van der Waals surface area contributed by atoms with Crippen LogP contribution in [-0.2, 0) is 11.3 Å². The second kappa shape index (κ2) is 7.73. The van der Waals surface area contributed by atoms with Gasteiger partial charge in [0.05, 0.1) is 5.69 Å². The first kappa shape index (κ1) is 15.5. The van der Waals surface area contributed by atoms with Crippen molar-refractivity contribution in [2.24, 2.45) is 0 Å². The van der Waals surface area contributed by atoms with Gasteiger partial charge in [0.1, 0.15) is 0 Å². The lowest BCUT2D eigenvalue weighted by Crippen LogP contribution is -2.42. The number of carbonyl (C=O) groups excluding carboxylic acids is 1. The molecule has 1 aliphatic carbocycles. The molecule has 1 aromatic rings. The minimum Gasteiger partial charge on any atom is -0.341 e. The van der Waals surface area contributed by atoms with Crippen molar-refractivity contribution in [2.75, 3.05) is 19.6 Å². The highest BCUT2D eigenvalue weighted by Gasteiger charge is 2.24. The van der Waals surface area contributed by atoms with Crippen LogP contribution in [0.5, 0.6) is 0 Å². The summed E-state index contributed by atoms with van der Waals surface area (Å²) < 4.78 is 0. The Kier molecular flexibility index (Phi) is 5.43.